The van der Waals surface area contributed by atoms with Gasteiger partial charge in [0.15, 0.2) is 0 Å². The molecule has 2 aromatic carbocycles. The van der Waals surface area contributed by atoms with Crippen LogP contribution in [-0.4, -0.2) is 47.6 Å². The molecule has 1 aliphatic rings. The topological polar surface area (TPSA) is 26.7 Å². The van der Waals surface area contributed by atoms with E-state index >= 15 is 0 Å². The van der Waals surface area contributed by atoms with Crippen LogP contribution in [0.2, 0.25) is 0 Å². The van der Waals surface area contributed by atoms with Gasteiger partial charge in [0, 0.05) is 39.3 Å². The van der Waals surface area contributed by atoms with Crippen molar-refractivity contribution < 1.29 is 5.11 Å². The van der Waals surface area contributed by atoms with Crippen LogP contribution in [0.3, 0.4) is 0 Å². The summed E-state index contributed by atoms with van der Waals surface area (Å²) in [6.45, 7) is 6.27. The molecule has 0 saturated carbocycles. The van der Waals surface area contributed by atoms with Gasteiger partial charge in [-0.05, 0) is 23.3 Å². The van der Waals surface area contributed by atoms with E-state index in [4.69, 9.17) is 0 Å². The molecule has 1 aliphatic heterocycles. The van der Waals surface area contributed by atoms with E-state index in [1.807, 2.05) is 18.2 Å². The van der Waals surface area contributed by atoms with Gasteiger partial charge in [0.1, 0.15) is 5.75 Å². The standard InChI is InChI=1S/C20H24N2O/c23-20-10-4-8-19(16-20)17-22-14-12-21(13-15-22)11-5-9-18-6-2-1-3-7-18/h1-10,16,23H,11-15,17H2. The number of hydrogen-bond donors (Lipinski definition) is 1. The second-order valence-corrected chi connectivity index (χ2v) is 6.06. The fourth-order valence-electron chi connectivity index (χ4n) is 2.95. The Morgan fingerprint density at radius 1 is 0.870 bits per heavy atom. The van der Waals surface area contributed by atoms with Crippen molar-refractivity contribution in [3.63, 3.8) is 0 Å². The quantitative estimate of drug-likeness (QED) is 0.919. The van der Waals surface area contributed by atoms with Crippen LogP contribution in [-0.2, 0) is 6.54 Å². The maximum atomic E-state index is 9.54. The summed E-state index contributed by atoms with van der Waals surface area (Å²) in [5.41, 5.74) is 2.44. The van der Waals surface area contributed by atoms with Gasteiger partial charge in [0.2, 0.25) is 0 Å². The molecule has 0 aliphatic carbocycles. The molecule has 0 amide bonds. The van der Waals surface area contributed by atoms with E-state index in [1.54, 1.807) is 6.07 Å². The fraction of sp³-hybridized carbons (Fsp3) is 0.300. The van der Waals surface area contributed by atoms with Gasteiger partial charge in [-0.3, -0.25) is 9.80 Å². The van der Waals surface area contributed by atoms with Gasteiger partial charge < -0.3 is 5.11 Å². The van der Waals surface area contributed by atoms with Crippen molar-refractivity contribution >= 4 is 6.08 Å². The zero-order valence-corrected chi connectivity index (χ0v) is 13.4. The van der Waals surface area contributed by atoms with Gasteiger partial charge in [-0.15, -0.1) is 0 Å². The summed E-state index contributed by atoms with van der Waals surface area (Å²) in [5, 5.41) is 9.54. The van der Waals surface area contributed by atoms with Crippen molar-refractivity contribution in [1.82, 2.24) is 9.80 Å². The van der Waals surface area contributed by atoms with Crippen molar-refractivity contribution in [2.45, 2.75) is 6.54 Å². The average Bonchev–Trinajstić information content (AvgIpc) is 2.58. The molecule has 1 N–H and O–H groups in total. The molecular weight excluding hydrogens is 284 g/mol. The Labute approximate surface area is 138 Å². The number of benzene rings is 2. The second-order valence-electron chi connectivity index (χ2n) is 6.06. The summed E-state index contributed by atoms with van der Waals surface area (Å²) < 4.78 is 0. The molecule has 2 aromatic rings. The first kappa shape index (κ1) is 15.8. The van der Waals surface area contributed by atoms with E-state index in [-0.39, 0.29) is 0 Å². The molecule has 0 bridgehead atoms. The van der Waals surface area contributed by atoms with Crippen molar-refractivity contribution in [3.05, 3.63) is 71.8 Å². The van der Waals surface area contributed by atoms with Crippen molar-refractivity contribution in [3.8, 4) is 5.75 Å². The normalized spacial score (nSPS) is 16.9. The van der Waals surface area contributed by atoms with Gasteiger partial charge in [-0.2, -0.15) is 0 Å². The van der Waals surface area contributed by atoms with E-state index in [1.165, 1.54) is 11.1 Å². The third kappa shape index (κ3) is 4.95. The number of phenols is 1. The third-order valence-electron chi connectivity index (χ3n) is 4.26. The van der Waals surface area contributed by atoms with Crippen LogP contribution < -0.4 is 0 Å². The summed E-state index contributed by atoms with van der Waals surface area (Å²) in [4.78, 5) is 4.94. The van der Waals surface area contributed by atoms with Crippen LogP contribution in [0, 0.1) is 0 Å². The highest BCUT2D eigenvalue weighted by molar-refractivity contribution is 5.48. The SMILES string of the molecule is Oc1cccc(CN2CCN(CC=Cc3ccccc3)CC2)c1. The minimum atomic E-state index is 0.354. The third-order valence-corrected chi connectivity index (χ3v) is 4.26. The van der Waals surface area contributed by atoms with E-state index < -0.39 is 0 Å². The Bertz CT molecular complexity index is 631. The average molecular weight is 308 g/mol. The predicted octanol–water partition coefficient (Wildman–Crippen LogP) is 3.22. The van der Waals surface area contributed by atoms with Crippen molar-refractivity contribution in [1.29, 1.82) is 0 Å². The summed E-state index contributed by atoms with van der Waals surface area (Å²) in [6.07, 6.45) is 4.44. The van der Waals surface area contributed by atoms with Crippen molar-refractivity contribution in [2.75, 3.05) is 32.7 Å². The first-order valence-corrected chi connectivity index (χ1v) is 8.24. The molecule has 0 spiro atoms. The van der Waals surface area contributed by atoms with E-state index in [0.29, 0.717) is 5.75 Å². The number of hydrogen-bond acceptors (Lipinski definition) is 3. The molecule has 0 radical (unpaired) electrons. The fourth-order valence-corrected chi connectivity index (χ4v) is 2.95. The molecule has 1 saturated heterocycles. The number of phenolic OH excluding ortho intramolecular Hbond substituents is 1. The second kappa shape index (κ2) is 7.95. The lowest BCUT2D eigenvalue weighted by Crippen LogP contribution is -2.45. The molecule has 3 rings (SSSR count). The number of rotatable bonds is 5. The van der Waals surface area contributed by atoms with Crippen LogP contribution in [0.5, 0.6) is 5.75 Å². The minimum Gasteiger partial charge on any atom is -0.508 e. The maximum Gasteiger partial charge on any atom is 0.115 e. The van der Waals surface area contributed by atoms with Gasteiger partial charge in [-0.25, -0.2) is 0 Å². The van der Waals surface area contributed by atoms with Crippen LogP contribution in [0.1, 0.15) is 11.1 Å². The van der Waals surface area contributed by atoms with Crippen LogP contribution in [0.4, 0.5) is 0 Å². The molecule has 0 aromatic heterocycles. The molecule has 1 heterocycles. The van der Waals surface area contributed by atoms with Gasteiger partial charge in [0.25, 0.3) is 0 Å². The Morgan fingerprint density at radius 2 is 1.61 bits per heavy atom. The smallest absolute Gasteiger partial charge is 0.115 e. The predicted molar refractivity (Wildman–Crippen MR) is 95.3 cm³/mol. The van der Waals surface area contributed by atoms with Gasteiger partial charge >= 0.3 is 0 Å². The zero-order valence-electron chi connectivity index (χ0n) is 13.4. The summed E-state index contributed by atoms with van der Waals surface area (Å²) >= 11 is 0. The Morgan fingerprint density at radius 3 is 2.35 bits per heavy atom. The molecule has 23 heavy (non-hydrogen) atoms. The largest absolute Gasteiger partial charge is 0.508 e. The van der Waals surface area contributed by atoms with Crippen LogP contribution in [0.25, 0.3) is 6.08 Å². The minimum absolute atomic E-state index is 0.354. The van der Waals surface area contributed by atoms with Crippen molar-refractivity contribution in [2.24, 2.45) is 0 Å². The molecule has 3 heteroatoms. The lowest BCUT2D eigenvalue weighted by atomic mass is 10.2. The summed E-state index contributed by atoms with van der Waals surface area (Å²) in [5.74, 6) is 0.354. The van der Waals surface area contributed by atoms with E-state index in [9.17, 15) is 5.11 Å². The number of aromatic hydroxyl groups is 1. The number of piperazine rings is 1. The molecule has 3 nitrogen and oxygen atoms in total. The van der Waals surface area contributed by atoms with E-state index in [2.05, 4.69) is 52.3 Å². The number of nitrogens with zero attached hydrogens (tertiary/aromatic N) is 2. The highest BCUT2D eigenvalue weighted by atomic mass is 16.3. The maximum absolute atomic E-state index is 9.54. The summed E-state index contributed by atoms with van der Waals surface area (Å²) in [6, 6.07) is 18.0. The highest BCUT2D eigenvalue weighted by Gasteiger charge is 2.15. The Balaban J connectivity index is 1.42. The zero-order chi connectivity index (χ0) is 15.9. The van der Waals surface area contributed by atoms with Crippen LogP contribution >= 0.6 is 0 Å². The molecule has 0 unspecified atom stereocenters. The van der Waals surface area contributed by atoms with E-state index in [0.717, 1.165) is 39.3 Å². The lowest BCUT2D eigenvalue weighted by Gasteiger charge is -2.34. The molecule has 120 valence electrons. The first-order chi connectivity index (χ1) is 11.3. The first-order valence-electron chi connectivity index (χ1n) is 8.24. The van der Waals surface area contributed by atoms with Gasteiger partial charge in [-0.1, -0.05) is 54.6 Å². The molecular formula is C20H24N2O. The Hall–Kier alpha value is -2.10. The monoisotopic (exact) mass is 308 g/mol. The van der Waals surface area contributed by atoms with Gasteiger partial charge in [0.05, 0.1) is 0 Å². The molecule has 1 fully saturated rings. The van der Waals surface area contributed by atoms with Crippen LogP contribution in [0.15, 0.2) is 60.7 Å². The molecule has 0 atom stereocenters. The summed E-state index contributed by atoms with van der Waals surface area (Å²) in [7, 11) is 0. The highest BCUT2D eigenvalue weighted by Crippen LogP contribution is 2.14. The lowest BCUT2D eigenvalue weighted by molar-refractivity contribution is 0.137. The Kier molecular flexibility index (Phi) is 5.46.